The maximum Gasteiger partial charge on any atom is 0.326 e. The number of aliphatic carboxylic acids is 2. The van der Waals surface area contributed by atoms with E-state index in [1.807, 2.05) is 0 Å². The summed E-state index contributed by atoms with van der Waals surface area (Å²) < 4.78 is 37.2. The van der Waals surface area contributed by atoms with E-state index >= 15 is 0 Å². The number of amides is 1. The molecule has 5 atom stereocenters. The minimum Gasteiger partial charge on any atom is -0.480 e. The zero-order valence-electron chi connectivity index (χ0n) is 25.2. The van der Waals surface area contributed by atoms with Crippen molar-refractivity contribution < 1.29 is 37.8 Å². The van der Waals surface area contributed by atoms with Crippen LogP contribution in [0.3, 0.4) is 0 Å². The fraction of sp³-hybridized carbons (Fsp3) is 0.500. The van der Waals surface area contributed by atoms with Gasteiger partial charge in [-0.25, -0.2) is 22.7 Å². The molecule has 6 N–H and O–H groups in total. The standard InChI is InChI=1S/C30H38ClN5O8S2/c1-17(28(37)36-24-5-3-2-4-20(24)10-25(36)30(40)41)35-23(29(38)39)15-44-14-19-8-6-18(7-9-19)13-34-46(42,43)27-12-26-22(11-21(27)31)32-16-33-45-26/h6-9,11-12,17,20,23-25,32-35H,2-5,10,13-16H2,1H3,(H,38,39)(H,40,41)/t17-,20?,23-,24?,25-/m0/s1. The summed E-state index contributed by atoms with van der Waals surface area (Å²) in [7, 11) is -3.89. The van der Waals surface area contributed by atoms with Crippen molar-refractivity contribution in [1.29, 1.82) is 0 Å². The molecule has 1 saturated carbocycles. The van der Waals surface area contributed by atoms with Crippen molar-refractivity contribution >= 4 is 57.1 Å². The third-order valence-corrected chi connectivity index (χ3v) is 11.4. The molecule has 1 saturated heterocycles. The average Bonchev–Trinajstić information content (AvgIpc) is 3.43. The first kappa shape index (κ1) is 34.4. The molecule has 2 aliphatic heterocycles. The van der Waals surface area contributed by atoms with Gasteiger partial charge in [-0.05, 0) is 67.3 Å². The maximum absolute atomic E-state index is 13.4. The summed E-state index contributed by atoms with van der Waals surface area (Å²) in [6.07, 6.45) is 4.01. The second-order valence-corrected chi connectivity index (χ2v) is 14.8. The van der Waals surface area contributed by atoms with Crippen LogP contribution in [0.1, 0.15) is 50.2 Å². The Labute approximate surface area is 277 Å². The lowest BCUT2D eigenvalue weighted by Gasteiger charge is -2.35. The number of carbonyl (C=O) groups excluding carboxylic acids is 1. The van der Waals surface area contributed by atoms with Crippen LogP contribution in [0.2, 0.25) is 5.02 Å². The summed E-state index contributed by atoms with van der Waals surface area (Å²) in [4.78, 5) is 39.5. The number of halogens is 1. The van der Waals surface area contributed by atoms with Crippen molar-refractivity contribution in [3.05, 3.63) is 52.5 Å². The van der Waals surface area contributed by atoms with Crippen LogP contribution in [0, 0.1) is 5.92 Å². The first-order valence-corrected chi connectivity index (χ1v) is 17.8. The smallest absolute Gasteiger partial charge is 0.326 e. The Morgan fingerprint density at radius 1 is 1.13 bits per heavy atom. The van der Waals surface area contributed by atoms with Gasteiger partial charge >= 0.3 is 11.9 Å². The Hall–Kier alpha value is -2.92. The molecule has 46 heavy (non-hydrogen) atoms. The van der Waals surface area contributed by atoms with Gasteiger partial charge in [0.05, 0.1) is 36.6 Å². The van der Waals surface area contributed by atoms with Gasteiger partial charge in [0.2, 0.25) is 15.9 Å². The summed E-state index contributed by atoms with van der Waals surface area (Å²) in [6, 6.07) is 6.92. The first-order chi connectivity index (χ1) is 21.9. The van der Waals surface area contributed by atoms with Gasteiger partial charge in [-0.2, -0.15) is 0 Å². The second kappa shape index (κ2) is 14.9. The van der Waals surface area contributed by atoms with Crippen molar-refractivity contribution in [1.82, 2.24) is 19.7 Å². The van der Waals surface area contributed by atoms with E-state index in [4.69, 9.17) is 16.3 Å². The number of ether oxygens (including phenoxy) is 1. The minimum absolute atomic E-state index is 0.0196. The average molecular weight is 696 g/mol. The van der Waals surface area contributed by atoms with Gasteiger partial charge < -0.3 is 25.2 Å². The highest BCUT2D eigenvalue weighted by atomic mass is 35.5. The van der Waals surface area contributed by atoms with Gasteiger partial charge in [0.25, 0.3) is 0 Å². The quantitative estimate of drug-likeness (QED) is 0.169. The van der Waals surface area contributed by atoms with Crippen LogP contribution in [0.5, 0.6) is 0 Å². The molecule has 0 bridgehead atoms. The van der Waals surface area contributed by atoms with E-state index in [9.17, 15) is 33.0 Å². The fourth-order valence-electron chi connectivity index (χ4n) is 6.30. The van der Waals surface area contributed by atoms with E-state index in [2.05, 4.69) is 20.1 Å². The van der Waals surface area contributed by atoms with Gasteiger partial charge in [-0.1, -0.05) is 48.7 Å². The molecule has 0 radical (unpaired) electrons. The normalized spacial score (nSPS) is 22.3. The van der Waals surface area contributed by atoms with Crippen molar-refractivity contribution in [2.45, 2.75) is 86.1 Å². The minimum atomic E-state index is -3.89. The molecule has 0 spiro atoms. The SMILES string of the molecule is C[C@H](N[C@@H](COCc1ccc(CNS(=O)(=O)c2cc3c(cc2Cl)NCNS3)cc1)C(=O)O)C(=O)N1C2CCCCC2C[C@H]1C(=O)O. The number of nitrogens with zero attached hydrogens (tertiary/aromatic N) is 1. The molecule has 2 aromatic carbocycles. The number of nitrogens with one attached hydrogen (secondary N) is 4. The van der Waals surface area contributed by atoms with E-state index in [0.29, 0.717) is 18.7 Å². The number of carboxylic acids is 2. The Kier molecular flexibility index (Phi) is 11.1. The number of likely N-dealkylation sites (tertiary alicyclic amines) is 1. The van der Waals surface area contributed by atoms with Crippen molar-refractivity contribution in [2.75, 3.05) is 18.6 Å². The molecule has 2 unspecified atom stereocenters. The maximum atomic E-state index is 13.4. The highest BCUT2D eigenvalue weighted by Crippen LogP contribution is 2.40. The lowest BCUT2D eigenvalue weighted by molar-refractivity contribution is -0.151. The number of carboxylic acid groups (broad SMARTS) is 2. The molecule has 5 rings (SSSR count). The number of hydrogen-bond donors (Lipinski definition) is 6. The van der Waals surface area contributed by atoms with Crippen molar-refractivity contribution in [3.8, 4) is 0 Å². The van der Waals surface area contributed by atoms with Crippen LogP contribution in [0.25, 0.3) is 0 Å². The lowest BCUT2D eigenvalue weighted by Crippen LogP contribution is -2.56. The van der Waals surface area contributed by atoms with Gasteiger partial charge in [0.15, 0.2) is 0 Å². The van der Waals surface area contributed by atoms with Crippen LogP contribution in [0.4, 0.5) is 5.69 Å². The predicted octanol–water partition coefficient (Wildman–Crippen LogP) is 2.99. The zero-order valence-corrected chi connectivity index (χ0v) is 27.6. The molecule has 3 aliphatic rings. The topological polar surface area (TPSA) is 186 Å². The Morgan fingerprint density at radius 2 is 1.85 bits per heavy atom. The molecule has 2 fully saturated rings. The van der Waals surface area contributed by atoms with Gasteiger partial charge in [-0.3, -0.25) is 14.9 Å². The third-order valence-electron chi connectivity index (χ3n) is 8.65. The van der Waals surface area contributed by atoms with E-state index in [-0.39, 0.29) is 41.6 Å². The van der Waals surface area contributed by atoms with E-state index in [1.165, 1.54) is 22.9 Å². The van der Waals surface area contributed by atoms with E-state index in [1.54, 1.807) is 37.3 Å². The summed E-state index contributed by atoms with van der Waals surface area (Å²) >= 11 is 7.59. The summed E-state index contributed by atoms with van der Waals surface area (Å²) in [6.45, 7) is 1.97. The predicted molar refractivity (Wildman–Crippen MR) is 172 cm³/mol. The van der Waals surface area contributed by atoms with E-state index in [0.717, 1.165) is 41.8 Å². The number of benzene rings is 2. The molecule has 1 aliphatic carbocycles. The molecule has 250 valence electrons. The molecular formula is C30H38ClN5O8S2. The summed E-state index contributed by atoms with van der Waals surface area (Å²) in [5.74, 6) is -2.50. The summed E-state index contributed by atoms with van der Waals surface area (Å²) in [5, 5.41) is 25.6. The van der Waals surface area contributed by atoms with Crippen LogP contribution in [0.15, 0.2) is 46.2 Å². The first-order valence-electron chi connectivity index (χ1n) is 15.1. The molecule has 1 amide bonds. The van der Waals surface area contributed by atoms with Crippen LogP contribution in [-0.4, -0.2) is 78.8 Å². The molecule has 16 heteroatoms. The number of rotatable bonds is 13. The molecular weight excluding hydrogens is 658 g/mol. The molecule has 0 aromatic heterocycles. The number of sulfonamides is 1. The zero-order chi connectivity index (χ0) is 33.0. The van der Waals surface area contributed by atoms with Crippen LogP contribution in [-0.2, 0) is 42.3 Å². The van der Waals surface area contributed by atoms with Gasteiger partial charge in [-0.15, -0.1) is 0 Å². The molecule has 13 nitrogen and oxygen atoms in total. The monoisotopic (exact) mass is 695 g/mol. The highest BCUT2D eigenvalue weighted by molar-refractivity contribution is 7.97. The lowest BCUT2D eigenvalue weighted by atomic mass is 9.84. The van der Waals surface area contributed by atoms with Crippen LogP contribution >= 0.6 is 23.5 Å². The fourth-order valence-corrected chi connectivity index (χ4v) is 8.66. The van der Waals surface area contributed by atoms with Gasteiger partial charge in [0.1, 0.15) is 17.0 Å². The Balaban J connectivity index is 1.12. The van der Waals surface area contributed by atoms with Gasteiger partial charge in [0, 0.05) is 17.5 Å². The summed E-state index contributed by atoms with van der Waals surface area (Å²) in [5.41, 5.74) is 2.19. The largest absolute Gasteiger partial charge is 0.480 e. The van der Waals surface area contributed by atoms with E-state index < -0.39 is 46.0 Å². The Bertz CT molecular complexity index is 1560. The van der Waals surface area contributed by atoms with Crippen LogP contribution < -0.4 is 20.1 Å². The third kappa shape index (κ3) is 7.95. The number of carbonyl (C=O) groups is 3. The highest BCUT2D eigenvalue weighted by Gasteiger charge is 2.48. The molecule has 2 heterocycles. The number of anilines is 1. The number of fused-ring (bicyclic) bond motifs is 2. The number of hydrogen-bond acceptors (Lipinski definition) is 10. The Morgan fingerprint density at radius 3 is 2.57 bits per heavy atom. The molecule has 2 aromatic rings. The second-order valence-electron chi connectivity index (χ2n) is 11.8. The van der Waals surface area contributed by atoms with Crippen molar-refractivity contribution in [2.24, 2.45) is 5.92 Å². The van der Waals surface area contributed by atoms with Crippen molar-refractivity contribution in [3.63, 3.8) is 0 Å².